The monoisotopic (exact) mass is 664 g/mol. The number of hydrogen-bond acceptors (Lipinski definition) is 6. The molecule has 0 spiro atoms. The van der Waals surface area contributed by atoms with Gasteiger partial charge in [-0.3, -0.25) is 0 Å². The number of benzene rings is 1. The molecule has 0 fully saturated rings. The highest BCUT2D eigenvalue weighted by molar-refractivity contribution is 7.14. The summed E-state index contributed by atoms with van der Waals surface area (Å²) in [6, 6.07) is 12.9. The number of hydrogen-bond donors (Lipinski definition) is 0. The van der Waals surface area contributed by atoms with Crippen LogP contribution in [0.1, 0.15) is 112 Å². The molecule has 254 valence electrons. The van der Waals surface area contributed by atoms with Gasteiger partial charge in [-0.2, -0.15) is 5.26 Å². The predicted octanol–water partition coefficient (Wildman–Crippen LogP) is 10.9. The summed E-state index contributed by atoms with van der Waals surface area (Å²) >= 11 is 1.81. The molecule has 6 nitrogen and oxygen atoms in total. The van der Waals surface area contributed by atoms with Crippen molar-refractivity contribution in [3.63, 3.8) is 0 Å². The Balaban J connectivity index is 2.08. The van der Waals surface area contributed by atoms with Gasteiger partial charge < -0.3 is 14.4 Å². The Kier molecular flexibility index (Phi) is 15.7. The van der Waals surface area contributed by atoms with Crippen molar-refractivity contribution in [1.82, 2.24) is 0 Å². The highest BCUT2D eigenvalue weighted by Crippen LogP contribution is 2.42. The lowest BCUT2D eigenvalue weighted by atomic mass is 9.93. The third-order valence-corrected chi connectivity index (χ3v) is 10.0. The van der Waals surface area contributed by atoms with Gasteiger partial charge in [-0.05, 0) is 87.4 Å². The van der Waals surface area contributed by atoms with Gasteiger partial charge in [-0.1, -0.05) is 76.7 Å². The molecule has 1 aromatic carbocycles. The topological polar surface area (TPSA) is 73.6 Å². The number of anilines is 1. The van der Waals surface area contributed by atoms with Crippen LogP contribution in [0.2, 0.25) is 0 Å². The van der Waals surface area contributed by atoms with Gasteiger partial charge in [0.1, 0.15) is 11.7 Å². The summed E-state index contributed by atoms with van der Waals surface area (Å²) in [6.45, 7) is 20.3. The first-order chi connectivity index (χ1) is 23.3. The Morgan fingerprint density at radius 1 is 0.917 bits per heavy atom. The van der Waals surface area contributed by atoms with Gasteiger partial charge in [-0.15, -0.1) is 11.3 Å². The van der Waals surface area contributed by atoms with E-state index < -0.39 is 5.60 Å². The zero-order chi connectivity index (χ0) is 34.9. The molecule has 1 aliphatic rings. The van der Waals surface area contributed by atoms with Crippen LogP contribution in [0.25, 0.3) is 23.1 Å². The fourth-order valence-corrected chi connectivity index (χ4v) is 7.29. The maximum absolute atomic E-state index is 10.1. The molecule has 0 bridgehead atoms. The zero-order valence-electron chi connectivity index (χ0n) is 29.8. The average molecular weight is 665 g/mol. The number of allylic oxidation sites excluding steroid dienone is 2. The van der Waals surface area contributed by atoms with E-state index in [1.165, 1.54) is 65.1 Å². The summed E-state index contributed by atoms with van der Waals surface area (Å²) in [7, 11) is 1.74. The lowest BCUT2D eigenvalue weighted by molar-refractivity contribution is 0.0953. The number of nitrogens with zero attached hydrogens (tertiary/aromatic N) is 4. The number of thiophene rings is 1. The summed E-state index contributed by atoms with van der Waals surface area (Å²) < 4.78 is 11.3. The Morgan fingerprint density at radius 2 is 1.52 bits per heavy atom. The number of unbranched alkanes of at least 4 members (excludes halogenated alkanes) is 6. The number of methoxy groups -OCH3 is 1. The van der Waals surface area contributed by atoms with Crippen molar-refractivity contribution in [3.8, 4) is 12.1 Å². The van der Waals surface area contributed by atoms with E-state index >= 15 is 0 Å². The molecular weight excluding hydrogens is 613 g/mol. The Hall–Kier alpha value is -4.09. The molecule has 0 atom stereocenters. The first-order valence-electron chi connectivity index (χ1n) is 17.5. The third kappa shape index (κ3) is 10.2. The molecular formula is C41H52N4O2S. The summed E-state index contributed by atoms with van der Waals surface area (Å²) in [5.41, 5.74) is 5.12. The molecule has 1 aromatic heterocycles. The molecule has 0 radical (unpaired) electrons. The quantitative estimate of drug-likeness (QED) is 0.0849. The minimum absolute atomic E-state index is 0.0811. The molecule has 7 heteroatoms. The molecule has 0 amide bonds. The minimum atomic E-state index is -0.836. The van der Waals surface area contributed by atoms with E-state index in [0.717, 1.165) is 44.3 Å². The fourth-order valence-electron chi connectivity index (χ4n) is 6.08. The predicted molar refractivity (Wildman–Crippen MR) is 201 cm³/mol. The van der Waals surface area contributed by atoms with E-state index in [0.29, 0.717) is 12.2 Å². The Morgan fingerprint density at radius 3 is 2.02 bits per heavy atom. The van der Waals surface area contributed by atoms with Crippen LogP contribution < -0.4 is 4.90 Å². The van der Waals surface area contributed by atoms with Crippen molar-refractivity contribution < 1.29 is 9.47 Å². The van der Waals surface area contributed by atoms with Crippen molar-refractivity contribution in [2.75, 3.05) is 31.7 Å². The van der Waals surface area contributed by atoms with E-state index in [-0.39, 0.29) is 17.0 Å². The average Bonchev–Trinajstić information content (AvgIpc) is 3.55. The molecule has 1 aliphatic heterocycles. The highest BCUT2D eigenvalue weighted by atomic mass is 32.1. The number of ether oxygens (including phenoxy) is 2. The van der Waals surface area contributed by atoms with E-state index in [4.69, 9.17) is 16.0 Å². The summed E-state index contributed by atoms with van der Waals surface area (Å²) in [6.07, 6.45) is 20.3. The molecule has 48 heavy (non-hydrogen) atoms. The number of nitriles is 2. The van der Waals surface area contributed by atoms with Gasteiger partial charge in [0.2, 0.25) is 0 Å². The second-order valence-electron chi connectivity index (χ2n) is 12.7. The van der Waals surface area contributed by atoms with E-state index in [1.54, 1.807) is 7.11 Å². The van der Waals surface area contributed by atoms with Crippen LogP contribution in [0.4, 0.5) is 5.69 Å². The molecule has 0 saturated heterocycles. The van der Waals surface area contributed by atoms with Gasteiger partial charge in [0.05, 0.1) is 24.8 Å². The van der Waals surface area contributed by atoms with Crippen LogP contribution in [-0.2, 0) is 22.3 Å². The molecule has 0 aliphatic carbocycles. The second-order valence-corrected chi connectivity index (χ2v) is 13.7. The molecule has 2 aromatic rings. The van der Waals surface area contributed by atoms with E-state index in [1.807, 2.05) is 37.3 Å². The van der Waals surface area contributed by atoms with Gasteiger partial charge in [0, 0.05) is 41.2 Å². The molecule has 0 saturated carbocycles. The summed E-state index contributed by atoms with van der Waals surface area (Å²) in [5.74, 6) is 0.0811. The van der Waals surface area contributed by atoms with E-state index in [2.05, 4.69) is 79.1 Å². The fraction of sp³-hybridized carbons (Fsp3) is 0.488. The Bertz CT molecular complexity index is 1590. The van der Waals surface area contributed by atoms with Crippen LogP contribution in [-0.4, -0.2) is 32.4 Å². The molecule has 0 N–H and O–H groups in total. The SMILES string of the molecule is [C-]#[N+]C(C#N)=C1OC(C)(C)C(C=Cc2sc(C=Cc3ccc(N(CC)CCOC)cc3)c(CCCCCC)c2CCCCCC)=C1C#N. The smallest absolute Gasteiger partial charge is 0.304 e. The maximum atomic E-state index is 10.1. The van der Waals surface area contributed by atoms with Gasteiger partial charge in [0.25, 0.3) is 0 Å². The molecule has 3 rings (SSSR count). The number of rotatable bonds is 19. The van der Waals surface area contributed by atoms with Crippen molar-refractivity contribution in [3.05, 3.63) is 90.8 Å². The first-order valence-corrected chi connectivity index (χ1v) is 18.3. The number of likely N-dealkylation sites (N-methyl/N-ethyl adjacent to an activating group) is 1. The van der Waals surface area contributed by atoms with Crippen molar-refractivity contribution in [2.45, 2.75) is 104 Å². The van der Waals surface area contributed by atoms with E-state index in [9.17, 15) is 10.5 Å². The minimum Gasteiger partial charge on any atom is -0.492 e. The zero-order valence-corrected chi connectivity index (χ0v) is 30.6. The van der Waals surface area contributed by atoms with Crippen molar-refractivity contribution in [1.29, 1.82) is 10.5 Å². The van der Waals surface area contributed by atoms with Crippen LogP contribution in [0.5, 0.6) is 0 Å². The standard InChI is InChI=1S/C41H52N4O2S/c1-8-11-13-15-17-33-34(18-16-14-12-9-2)39(26-24-36-35(29-42)40(37(30-43)44-6)47-41(36,4)5)48-38(33)25-21-31-19-22-32(23-20-31)45(10-3)27-28-46-7/h19-26H,8-18,27-28H2,1-5,7H3. The van der Waals surface area contributed by atoms with Crippen molar-refractivity contribution >= 4 is 35.3 Å². The third-order valence-electron chi connectivity index (χ3n) is 8.82. The highest BCUT2D eigenvalue weighted by Gasteiger charge is 2.38. The van der Waals surface area contributed by atoms with Crippen LogP contribution in [0.3, 0.4) is 0 Å². The summed E-state index contributed by atoms with van der Waals surface area (Å²) in [5, 5.41) is 19.6. The first kappa shape index (κ1) is 38.4. The van der Waals surface area contributed by atoms with Crippen LogP contribution in [0.15, 0.2) is 52.9 Å². The molecule has 0 unspecified atom stereocenters. The Labute approximate surface area is 293 Å². The lowest BCUT2D eigenvalue weighted by Crippen LogP contribution is -2.26. The normalized spacial score (nSPS) is 15.1. The lowest BCUT2D eigenvalue weighted by Gasteiger charge is -2.22. The largest absolute Gasteiger partial charge is 0.492 e. The summed E-state index contributed by atoms with van der Waals surface area (Å²) in [4.78, 5) is 8.13. The van der Waals surface area contributed by atoms with Gasteiger partial charge in [-0.25, -0.2) is 10.1 Å². The maximum Gasteiger partial charge on any atom is 0.304 e. The second kappa shape index (κ2) is 19.7. The van der Waals surface area contributed by atoms with Crippen LogP contribution in [0, 0.1) is 29.2 Å². The van der Waals surface area contributed by atoms with Gasteiger partial charge >= 0.3 is 5.70 Å². The molecule has 2 heterocycles. The van der Waals surface area contributed by atoms with Crippen LogP contribution >= 0.6 is 11.3 Å². The van der Waals surface area contributed by atoms with Gasteiger partial charge in [0.15, 0.2) is 5.76 Å². The van der Waals surface area contributed by atoms with Crippen molar-refractivity contribution in [2.24, 2.45) is 0 Å².